The van der Waals surface area contributed by atoms with Crippen molar-refractivity contribution in [2.24, 2.45) is 5.41 Å². The van der Waals surface area contributed by atoms with Crippen molar-refractivity contribution >= 4 is 0 Å². The zero-order valence-electron chi connectivity index (χ0n) is 11.5. The highest BCUT2D eigenvalue weighted by Crippen LogP contribution is 2.49. The quantitative estimate of drug-likeness (QED) is 0.794. The number of methoxy groups -OCH3 is 1. The third kappa shape index (κ3) is 4.23. The second kappa shape index (κ2) is 6.17. The molecule has 0 radical (unpaired) electrons. The van der Waals surface area contributed by atoms with Gasteiger partial charge in [-0.15, -0.1) is 0 Å². The van der Waals surface area contributed by atoms with Gasteiger partial charge in [0.1, 0.15) is 0 Å². The minimum absolute atomic E-state index is 0.617. The molecule has 3 heteroatoms. The van der Waals surface area contributed by atoms with Crippen LogP contribution in [0.3, 0.4) is 0 Å². The highest BCUT2D eigenvalue weighted by Gasteiger charge is 2.43. The molecule has 1 heterocycles. The number of nitrogens with zero attached hydrogens (tertiary/aromatic N) is 1. The minimum atomic E-state index is 0.617. The molecular formula is C14H28N2O. The van der Waals surface area contributed by atoms with Crippen LogP contribution in [0.15, 0.2) is 0 Å². The number of rotatable bonds is 5. The maximum atomic E-state index is 5.24. The highest BCUT2D eigenvalue weighted by molar-refractivity contribution is 4.95. The molecule has 1 unspecified atom stereocenters. The monoisotopic (exact) mass is 240 g/mol. The SMILES string of the molecule is COCCC1(CN2CCCNC(C)CC2)CC1. The lowest BCUT2D eigenvalue weighted by molar-refractivity contribution is 0.141. The van der Waals surface area contributed by atoms with Crippen molar-refractivity contribution in [3.05, 3.63) is 0 Å². The van der Waals surface area contributed by atoms with Crippen molar-refractivity contribution < 1.29 is 4.74 Å². The van der Waals surface area contributed by atoms with Crippen LogP contribution in [0.5, 0.6) is 0 Å². The number of hydrogen-bond donors (Lipinski definition) is 1. The van der Waals surface area contributed by atoms with E-state index in [0.717, 1.165) is 6.61 Å². The van der Waals surface area contributed by atoms with Crippen molar-refractivity contribution in [3.8, 4) is 0 Å². The average Bonchev–Trinajstić information content (AvgIpc) is 3.06. The Bertz CT molecular complexity index is 228. The fourth-order valence-electron chi connectivity index (χ4n) is 2.86. The standard InChI is InChI=1S/C14H28N2O/c1-13-4-10-16(9-3-8-15-13)12-14(5-6-14)7-11-17-2/h13,15H,3-12H2,1-2H3. The first-order chi connectivity index (χ1) is 8.24. The molecule has 0 aromatic carbocycles. The van der Waals surface area contributed by atoms with Gasteiger partial charge in [0.2, 0.25) is 0 Å². The molecular weight excluding hydrogens is 212 g/mol. The van der Waals surface area contributed by atoms with E-state index in [-0.39, 0.29) is 0 Å². The lowest BCUT2D eigenvalue weighted by Crippen LogP contribution is -2.40. The molecule has 0 aromatic rings. The van der Waals surface area contributed by atoms with Crippen molar-refractivity contribution in [1.29, 1.82) is 0 Å². The van der Waals surface area contributed by atoms with Gasteiger partial charge in [0.05, 0.1) is 0 Å². The van der Waals surface area contributed by atoms with E-state index < -0.39 is 0 Å². The van der Waals surface area contributed by atoms with E-state index in [2.05, 4.69) is 17.1 Å². The third-order valence-electron chi connectivity index (χ3n) is 4.37. The van der Waals surface area contributed by atoms with Crippen LogP contribution in [-0.2, 0) is 4.74 Å². The van der Waals surface area contributed by atoms with E-state index in [1.165, 1.54) is 58.3 Å². The Morgan fingerprint density at radius 2 is 2.18 bits per heavy atom. The van der Waals surface area contributed by atoms with Crippen LogP contribution in [0.4, 0.5) is 0 Å². The van der Waals surface area contributed by atoms with E-state index in [9.17, 15) is 0 Å². The lowest BCUT2D eigenvalue weighted by atomic mass is 10.0. The summed E-state index contributed by atoms with van der Waals surface area (Å²) >= 11 is 0. The summed E-state index contributed by atoms with van der Waals surface area (Å²) in [7, 11) is 1.82. The normalized spacial score (nSPS) is 29.6. The maximum Gasteiger partial charge on any atom is 0.0468 e. The second-order valence-electron chi connectivity index (χ2n) is 6.02. The first kappa shape index (κ1) is 13.3. The van der Waals surface area contributed by atoms with Gasteiger partial charge in [-0.3, -0.25) is 0 Å². The first-order valence-corrected chi connectivity index (χ1v) is 7.19. The van der Waals surface area contributed by atoms with Crippen molar-refractivity contribution in [2.75, 3.05) is 39.9 Å². The Morgan fingerprint density at radius 1 is 1.35 bits per heavy atom. The number of hydrogen-bond acceptors (Lipinski definition) is 3. The lowest BCUT2D eigenvalue weighted by Gasteiger charge is -2.31. The van der Waals surface area contributed by atoms with Gasteiger partial charge in [0, 0.05) is 26.3 Å². The van der Waals surface area contributed by atoms with E-state index in [1.807, 2.05) is 7.11 Å². The molecule has 2 fully saturated rings. The van der Waals surface area contributed by atoms with Crippen molar-refractivity contribution in [3.63, 3.8) is 0 Å². The molecule has 1 aliphatic carbocycles. The summed E-state index contributed by atoms with van der Waals surface area (Å²) in [6, 6.07) is 0.687. The molecule has 1 saturated heterocycles. The van der Waals surface area contributed by atoms with Crippen LogP contribution in [0.1, 0.15) is 39.0 Å². The summed E-state index contributed by atoms with van der Waals surface area (Å²) in [6.45, 7) is 8.27. The van der Waals surface area contributed by atoms with Crippen molar-refractivity contribution in [1.82, 2.24) is 10.2 Å². The average molecular weight is 240 g/mol. The molecule has 1 atom stereocenters. The van der Waals surface area contributed by atoms with Gasteiger partial charge >= 0.3 is 0 Å². The van der Waals surface area contributed by atoms with E-state index >= 15 is 0 Å². The molecule has 1 N–H and O–H groups in total. The summed E-state index contributed by atoms with van der Waals surface area (Å²) in [5.74, 6) is 0. The Balaban J connectivity index is 1.76. The Labute approximate surface area is 106 Å². The molecule has 0 spiro atoms. The van der Waals surface area contributed by atoms with Gasteiger partial charge in [0.15, 0.2) is 0 Å². The van der Waals surface area contributed by atoms with E-state index in [4.69, 9.17) is 4.74 Å². The Kier molecular flexibility index (Phi) is 4.83. The maximum absolute atomic E-state index is 5.24. The van der Waals surface area contributed by atoms with Gasteiger partial charge in [-0.05, 0) is 64.1 Å². The first-order valence-electron chi connectivity index (χ1n) is 7.19. The van der Waals surface area contributed by atoms with Gasteiger partial charge < -0.3 is 15.0 Å². The van der Waals surface area contributed by atoms with Crippen molar-refractivity contribution in [2.45, 2.75) is 45.1 Å². The molecule has 2 aliphatic rings. The van der Waals surface area contributed by atoms with Gasteiger partial charge in [-0.1, -0.05) is 0 Å². The van der Waals surface area contributed by atoms with Crippen LogP contribution in [-0.4, -0.2) is 50.8 Å². The van der Waals surface area contributed by atoms with Gasteiger partial charge in [0.25, 0.3) is 0 Å². The topological polar surface area (TPSA) is 24.5 Å². The van der Waals surface area contributed by atoms with E-state index in [1.54, 1.807) is 0 Å². The zero-order chi connectivity index (χ0) is 12.1. The molecule has 100 valence electrons. The van der Waals surface area contributed by atoms with E-state index in [0.29, 0.717) is 11.5 Å². The fraction of sp³-hybridized carbons (Fsp3) is 1.00. The molecule has 17 heavy (non-hydrogen) atoms. The Morgan fingerprint density at radius 3 is 2.88 bits per heavy atom. The third-order valence-corrected chi connectivity index (χ3v) is 4.37. The summed E-state index contributed by atoms with van der Waals surface area (Å²) in [5, 5.41) is 3.57. The van der Waals surface area contributed by atoms with Crippen LogP contribution < -0.4 is 5.32 Å². The summed E-state index contributed by atoms with van der Waals surface area (Å²) in [6.07, 6.45) is 6.68. The molecule has 0 bridgehead atoms. The highest BCUT2D eigenvalue weighted by atomic mass is 16.5. The minimum Gasteiger partial charge on any atom is -0.385 e. The fourth-order valence-corrected chi connectivity index (χ4v) is 2.86. The van der Waals surface area contributed by atoms with Crippen LogP contribution >= 0.6 is 0 Å². The molecule has 3 nitrogen and oxygen atoms in total. The summed E-state index contributed by atoms with van der Waals surface area (Å²) < 4.78 is 5.24. The smallest absolute Gasteiger partial charge is 0.0468 e. The molecule has 0 aromatic heterocycles. The molecule has 1 saturated carbocycles. The summed E-state index contributed by atoms with van der Waals surface area (Å²) in [5.41, 5.74) is 0.617. The number of nitrogens with one attached hydrogen (secondary N) is 1. The van der Waals surface area contributed by atoms with Crippen LogP contribution in [0, 0.1) is 5.41 Å². The van der Waals surface area contributed by atoms with Gasteiger partial charge in [-0.2, -0.15) is 0 Å². The van der Waals surface area contributed by atoms with Gasteiger partial charge in [-0.25, -0.2) is 0 Å². The molecule has 1 aliphatic heterocycles. The predicted molar refractivity (Wildman–Crippen MR) is 71.3 cm³/mol. The second-order valence-corrected chi connectivity index (χ2v) is 6.02. The van der Waals surface area contributed by atoms with Crippen LogP contribution in [0.25, 0.3) is 0 Å². The predicted octanol–water partition coefficient (Wildman–Crippen LogP) is 1.88. The van der Waals surface area contributed by atoms with Crippen LogP contribution in [0.2, 0.25) is 0 Å². The summed E-state index contributed by atoms with van der Waals surface area (Å²) in [4.78, 5) is 2.69. The molecule has 2 rings (SSSR count). The Hall–Kier alpha value is -0.120. The molecule has 0 amide bonds. The largest absolute Gasteiger partial charge is 0.385 e. The zero-order valence-corrected chi connectivity index (χ0v) is 11.5. The number of ether oxygens (including phenoxy) is 1.